The second kappa shape index (κ2) is 7.36. The molecule has 5 nitrogen and oxygen atoms in total. The normalized spacial score (nSPS) is 11.9. The number of nitrogens with one attached hydrogen (secondary N) is 1. The maximum atomic E-state index is 11.8. The fraction of sp³-hybridized carbons (Fsp3) is 0.235. The van der Waals surface area contributed by atoms with Crippen LogP contribution in [0.1, 0.15) is 23.9 Å². The van der Waals surface area contributed by atoms with Crippen LogP contribution in [0.15, 0.2) is 47.6 Å². The Labute approximate surface area is 130 Å². The van der Waals surface area contributed by atoms with Crippen molar-refractivity contribution >= 4 is 17.7 Å². The van der Waals surface area contributed by atoms with Crippen LogP contribution in [-0.2, 0) is 11.3 Å². The number of hydrogen-bond donors (Lipinski definition) is 1. The zero-order valence-corrected chi connectivity index (χ0v) is 13.1. The van der Waals surface area contributed by atoms with E-state index in [0.717, 1.165) is 22.7 Å². The summed E-state index contributed by atoms with van der Waals surface area (Å²) in [5, 5.41) is 8.31. The van der Waals surface area contributed by atoms with E-state index in [-0.39, 0.29) is 12.5 Å². The van der Waals surface area contributed by atoms with Crippen molar-refractivity contribution in [2.24, 2.45) is 5.10 Å². The van der Waals surface area contributed by atoms with Crippen LogP contribution in [0.4, 0.5) is 0 Å². The van der Waals surface area contributed by atoms with E-state index in [0.29, 0.717) is 0 Å². The summed E-state index contributed by atoms with van der Waals surface area (Å²) in [7, 11) is 0. The Morgan fingerprint density at radius 3 is 2.68 bits per heavy atom. The molecule has 114 valence electrons. The predicted octanol–water partition coefficient (Wildman–Crippen LogP) is 2.71. The van der Waals surface area contributed by atoms with Gasteiger partial charge in [0.25, 0.3) is 5.91 Å². The summed E-state index contributed by atoms with van der Waals surface area (Å²) in [4.78, 5) is 11.8. The highest BCUT2D eigenvalue weighted by molar-refractivity contribution is 5.96. The Balaban J connectivity index is 1.89. The summed E-state index contributed by atoms with van der Waals surface area (Å²) < 4.78 is 1.66. The lowest BCUT2D eigenvalue weighted by Gasteiger charge is -2.03. The smallest absolute Gasteiger partial charge is 0.261 e. The molecule has 0 saturated heterocycles. The first-order valence-electron chi connectivity index (χ1n) is 7.12. The number of hydrogen-bond acceptors (Lipinski definition) is 3. The van der Waals surface area contributed by atoms with Gasteiger partial charge in [-0.15, -0.1) is 0 Å². The molecule has 2 rings (SSSR count). The van der Waals surface area contributed by atoms with Gasteiger partial charge in [0.05, 0.1) is 11.4 Å². The van der Waals surface area contributed by atoms with E-state index in [1.54, 1.807) is 4.68 Å². The van der Waals surface area contributed by atoms with Crippen LogP contribution in [-0.4, -0.2) is 21.4 Å². The third-order valence-corrected chi connectivity index (χ3v) is 3.07. The Hall–Kier alpha value is -2.69. The number of rotatable bonds is 5. The molecule has 0 saturated carbocycles. The molecule has 1 heterocycles. The topological polar surface area (TPSA) is 59.3 Å². The second-order valence-electron chi connectivity index (χ2n) is 5.12. The van der Waals surface area contributed by atoms with E-state index in [4.69, 9.17) is 0 Å². The molecule has 0 aliphatic rings. The van der Waals surface area contributed by atoms with Crippen LogP contribution in [0.2, 0.25) is 0 Å². The average molecular weight is 296 g/mol. The zero-order chi connectivity index (χ0) is 15.9. The van der Waals surface area contributed by atoms with Gasteiger partial charge in [-0.25, -0.2) is 5.43 Å². The van der Waals surface area contributed by atoms with Crippen molar-refractivity contribution in [3.63, 3.8) is 0 Å². The number of carbonyl (C=O) groups is 1. The molecule has 0 bridgehead atoms. The lowest BCUT2D eigenvalue weighted by atomic mass is 10.2. The van der Waals surface area contributed by atoms with Crippen molar-refractivity contribution in [3.05, 3.63) is 59.4 Å². The first-order valence-corrected chi connectivity index (χ1v) is 7.12. The monoisotopic (exact) mass is 296 g/mol. The van der Waals surface area contributed by atoms with Gasteiger partial charge in [-0.2, -0.15) is 10.2 Å². The number of carbonyl (C=O) groups excluding carboxylic acids is 1. The Morgan fingerprint density at radius 2 is 2.05 bits per heavy atom. The molecule has 0 spiro atoms. The molecule has 1 N–H and O–H groups in total. The number of allylic oxidation sites excluding steroid dienone is 1. The summed E-state index contributed by atoms with van der Waals surface area (Å²) in [6.07, 6.45) is 3.81. The highest BCUT2D eigenvalue weighted by Gasteiger charge is 2.05. The van der Waals surface area contributed by atoms with Crippen LogP contribution in [0.25, 0.3) is 6.08 Å². The quantitative estimate of drug-likeness (QED) is 0.681. The maximum Gasteiger partial charge on any atom is 0.261 e. The van der Waals surface area contributed by atoms with Gasteiger partial charge >= 0.3 is 0 Å². The predicted molar refractivity (Wildman–Crippen MR) is 88.4 cm³/mol. The summed E-state index contributed by atoms with van der Waals surface area (Å²) >= 11 is 0. The molecule has 0 unspecified atom stereocenters. The molecule has 1 aromatic heterocycles. The Morgan fingerprint density at radius 1 is 1.32 bits per heavy atom. The van der Waals surface area contributed by atoms with Crippen LogP contribution < -0.4 is 5.43 Å². The van der Waals surface area contributed by atoms with Gasteiger partial charge < -0.3 is 0 Å². The minimum absolute atomic E-state index is 0.166. The van der Waals surface area contributed by atoms with Crippen LogP contribution in [0, 0.1) is 13.8 Å². The second-order valence-corrected chi connectivity index (χ2v) is 5.12. The van der Waals surface area contributed by atoms with Gasteiger partial charge in [-0.3, -0.25) is 9.48 Å². The van der Waals surface area contributed by atoms with Crippen molar-refractivity contribution in [1.82, 2.24) is 15.2 Å². The molecule has 1 amide bonds. The van der Waals surface area contributed by atoms with E-state index in [9.17, 15) is 4.79 Å². The summed E-state index contributed by atoms with van der Waals surface area (Å²) in [5.74, 6) is -0.196. The molecular formula is C17H20N4O. The molecule has 0 aliphatic carbocycles. The van der Waals surface area contributed by atoms with Crippen molar-refractivity contribution in [3.8, 4) is 0 Å². The third-order valence-electron chi connectivity index (χ3n) is 3.07. The Kier molecular flexibility index (Phi) is 5.25. The van der Waals surface area contributed by atoms with Gasteiger partial charge in [0.1, 0.15) is 6.54 Å². The lowest BCUT2D eigenvalue weighted by molar-refractivity contribution is -0.121. The molecule has 2 aromatic rings. The summed E-state index contributed by atoms with van der Waals surface area (Å²) in [6, 6.07) is 11.9. The molecule has 0 aliphatic heterocycles. The molecular weight excluding hydrogens is 276 g/mol. The molecule has 5 heteroatoms. The third kappa shape index (κ3) is 4.70. The van der Waals surface area contributed by atoms with Crippen molar-refractivity contribution < 1.29 is 4.79 Å². The van der Waals surface area contributed by atoms with Gasteiger partial charge in [-0.05, 0) is 38.5 Å². The number of hydrazone groups is 1. The van der Waals surface area contributed by atoms with E-state index >= 15 is 0 Å². The SMILES string of the molecule is CC(/C=C/c1ccccc1)=N\NC(=O)Cn1nc(C)cc1C. The van der Waals surface area contributed by atoms with Gasteiger partial charge in [-0.1, -0.05) is 36.4 Å². The first-order chi connectivity index (χ1) is 10.5. The van der Waals surface area contributed by atoms with Crippen molar-refractivity contribution in [1.29, 1.82) is 0 Å². The van der Waals surface area contributed by atoms with Crippen LogP contribution >= 0.6 is 0 Å². The Bertz CT molecular complexity index is 699. The molecule has 0 fully saturated rings. The van der Waals surface area contributed by atoms with E-state index in [2.05, 4.69) is 15.6 Å². The van der Waals surface area contributed by atoms with Crippen LogP contribution in [0.3, 0.4) is 0 Å². The minimum atomic E-state index is -0.196. The van der Waals surface area contributed by atoms with Crippen molar-refractivity contribution in [2.75, 3.05) is 0 Å². The number of aryl methyl sites for hydroxylation is 2. The molecule has 22 heavy (non-hydrogen) atoms. The standard InChI is InChI=1S/C17H20N4O/c1-13(9-10-16-7-5-4-6-8-16)18-19-17(22)12-21-15(3)11-14(2)20-21/h4-11H,12H2,1-3H3,(H,19,22)/b10-9+,18-13+. The number of aromatic nitrogens is 2. The largest absolute Gasteiger partial charge is 0.271 e. The number of amides is 1. The summed E-state index contributed by atoms with van der Waals surface area (Å²) in [6.45, 7) is 5.82. The van der Waals surface area contributed by atoms with Gasteiger partial charge in [0.2, 0.25) is 0 Å². The summed E-state index contributed by atoms with van der Waals surface area (Å²) in [5.41, 5.74) is 6.21. The molecule has 0 radical (unpaired) electrons. The van der Waals surface area contributed by atoms with Gasteiger partial charge in [0.15, 0.2) is 0 Å². The van der Waals surface area contributed by atoms with Crippen LogP contribution in [0.5, 0.6) is 0 Å². The number of nitrogens with zero attached hydrogens (tertiary/aromatic N) is 3. The first kappa shape index (κ1) is 15.7. The van der Waals surface area contributed by atoms with Gasteiger partial charge in [0, 0.05) is 5.69 Å². The maximum absolute atomic E-state index is 11.8. The number of benzene rings is 1. The van der Waals surface area contributed by atoms with E-state index in [1.165, 1.54) is 0 Å². The van der Waals surface area contributed by atoms with Crippen molar-refractivity contribution in [2.45, 2.75) is 27.3 Å². The fourth-order valence-electron chi connectivity index (χ4n) is 1.98. The fourth-order valence-corrected chi connectivity index (χ4v) is 1.98. The average Bonchev–Trinajstić information content (AvgIpc) is 2.82. The molecule has 0 atom stereocenters. The molecule has 1 aromatic carbocycles. The van der Waals surface area contributed by atoms with E-state index in [1.807, 2.05) is 69.3 Å². The highest BCUT2D eigenvalue weighted by atomic mass is 16.2. The lowest BCUT2D eigenvalue weighted by Crippen LogP contribution is -2.25. The zero-order valence-electron chi connectivity index (χ0n) is 13.1. The highest BCUT2D eigenvalue weighted by Crippen LogP contribution is 2.02. The van der Waals surface area contributed by atoms with E-state index < -0.39 is 0 Å². The minimum Gasteiger partial charge on any atom is -0.271 e.